The minimum atomic E-state index is -0.897. The van der Waals surface area contributed by atoms with Gasteiger partial charge in [0.15, 0.2) is 22.0 Å². The maximum atomic E-state index is 13.9. The smallest absolute Gasteiger partial charge is 0.338 e. The molecular formula is C28H29N3O9S. The summed E-state index contributed by atoms with van der Waals surface area (Å²) in [7, 11) is 1.27. The molecule has 2 aromatic carbocycles. The molecule has 1 aliphatic rings. The van der Waals surface area contributed by atoms with Crippen molar-refractivity contribution in [2.45, 2.75) is 33.7 Å². The van der Waals surface area contributed by atoms with Crippen molar-refractivity contribution in [3.8, 4) is 23.0 Å². The molecule has 0 saturated carbocycles. The number of benzene rings is 2. The van der Waals surface area contributed by atoms with Crippen molar-refractivity contribution in [1.29, 1.82) is 0 Å². The largest absolute Gasteiger partial charge is 0.500 e. The maximum absolute atomic E-state index is 13.9. The molecule has 0 saturated heterocycles. The van der Waals surface area contributed by atoms with Gasteiger partial charge in [-0.1, -0.05) is 17.4 Å². The van der Waals surface area contributed by atoms with Crippen molar-refractivity contribution in [1.82, 2.24) is 4.57 Å². The van der Waals surface area contributed by atoms with Crippen molar-refractivity contribution >= 4 is 29.1 Å². The van der Waals surface area contributed by atoms with Gasteiger partial charge in [-0.2, -0.15) is 0 Å². The summed E-state index contributed by atoms with van der Waals surface area (Å²) >= 11 is 1.06. The number of allylic oxidation sites excluding steroid dienone is 1. The van der Waals surface area contributed by atoms with E-state index in [2.05, 4.69) is 4.99 Å². The molecule has 216 valence electrons. The second-order valence-electron chi connectivity index (χ2n) is 8.72. The third kappa shape index (κ3) is 5.66. The maximum Gasteiger partial charge on any atom is 0.338 e. The summed E-state index contributed by atoms with van der Waals surface area (Å²) in [5.41, 5.74) is 0.363. The number of methoxy groups -OCH3 is 1. The summed E-state index contributed by atoms with van der Waals surface area (Å²) in [6, 6.07) is 6.83. The van der Waals surface area contributed by atoms with Crippen molar-refractivity contribution in [2.75, 3.05) is 26.9 Å². The average molecular weight is 584 g/mol. The number of nitro groups is 1. The number of phenolic OH excluding ortho intramolecular Hbond substituents is 1. The van der Waals surface area contributed by atoms with Crippen LogP contribution in [0.2, 0.25) is 0 Å². The van der Waals surface area contributed by atoms with E-state index in [1.807, 2.05) is 13.8 Å². The van der Waals surface area contributed by atoms with Gasteiger partial charge in [-0.3, -0.25) is 19.5 Å². The molecule has 0 unspecified atom stereocenters. The number of esters is 1. The Bertz CT molecular complexity index is 1720. The zero-order chi connectivity index (χ0) is 29.8. The predicted molar refractivity (Wildman–Crippen MR) is 150 cm³/mol. The Labute approximate surface area is 238 Å². The highest BCUT2D eigenvalue weighted by Gasteiger charge is 2.34. The highest BCUT2D eigenvalue weighted by atomic mass is 32.1. The fourth-order valence-corrected chi connectivity index (χ4v) is 5.53. The Balaban J connectivity index is 1.97. The van der Waals surface area contributed by atoms with Crippen LogP contribution in [0, 0.1) is 10.1 Å². The van der Waals surface area contributed by atoms with Crippen molar-refractivity contribution in [2.24, 2.45) is 4.99 Å². The second kappa shape index (κ2) is 12.3. The first-order valence-electron chi connectivity index (χ1n) is 12.8. The lowest BCUT2D eigenvalue weighted by atomic mass is 9.95. The van der Waals surface area contributed by atoms with Crippen molar-refractivity contribution in [3.63, 3.8) is 0 Å². The molecule has 4 rings (SSSR count). The van der Waals surface area contributed by atoms with Gasteiger partial charge < -0.3 is 24.1 Å². The van der Waals surface area contributed by atoms with Crippen LogP contribution in [-0.4, -0.2) is 47.5 Å². The average Bonchev–Trinajstić information content (AvgIpc) is 3.23. The minimum Gasteiger partial charge on any atom is -0.500 e. The van der Waals surface area contributed by atoms with Gasteiger partial charge in [-0.05, 0) is 63.1 Å². The van der Waals surface area contributed by atoms with E-state index in [-0.39, 0.29) is 28.0 Å². The third-order valence-corrected chi connectivity index (χ3v) is 7.17. The number of nitro benzene ring substituents is 1. The first-order chi connectivity index (χ1) is 19.6. The second-order valence-corrected chi connectivity index (χ2v) is 9.73. The molecule has 3 aromatic rings. The highest BCUT2D eigenvalue weighted by Crippen LogP contribution is 2.38. The van der Waals surface area contributed by atoms with Crippen LogP contribution in [0.15, 0.2) is 51.4 Å². The number of aromatic hydroxyl groups is 1. The molecule has 41 heavy (non-hydrogen) atoms. The summed E-state index contributed by atoms with van der Waals surface area (Å²) in [5, 5.41) is 21.6. The first kappa shape index (κ1) is 29.3. The van der Waals surface area contributed by atoms with E-state index in [1.165, 1.54) is 23.8 Å². The number of carbonyl (C=O) groups is 1. The Morgan fingerprint density at radius 2 is 1.83 bits per heavy atom. The molecule has 0 bridgehead atoms. The van der Waals surface area contributed by atoms with Gasteiger partial charge in [0, 0.05) is 6.07 Å². The molecule has 0 spiro atoms. The van der Waals surface area contributed by atoms with Gasteiger partial charge in [0.1, 0.15) is 0 Å². The fraction of sp³-hybridized carbons (Fsp3) is 0.321. The lowest BCUT2D eigenvalue weighted by Crippen LogP contribution is -2.40. The number of rotatable bonds is 10. The van der Waals surface area contributed by atoms with Gasteiger partial charge in [-0.25, -0.2) is 9.79 Å². The number of fused-ring (bicyclic) bond motifs is 1. The van der Waals surface area contributed by atoms with Crippen molar-refractivity contribution < 1.29 is 33.8 Å². The van der Waals surface area contributed by atoms with E-state index >= 15 is 0 Å². The predicted octanol–water partition coefficient (Wildman–Crippen LogP) is 3.22. The Hall–Kier alpha value is -4.65. The fourth-order valence-electron chi connectivity index (χ4n) is 4.49. The number of ether oxygens (including phenoxy) is 4. The molecule has 0 aliphatic carbocycles. The molecule has 2 heterocycles. The van der Waals surface area contributed by atoms with Crippen LogP contribution in [0.4, 0.5) is 5.69 Å². The van der Waals surface area contributed by atoms with Gasteiger partial charge in [-0.15, -0.1) is 0 Å². The van der Waals surface area contributed by atoms with Crippen LogP contribution < -0.4 is 29.1 Å². The van der Waals surface area contributed by atoms with Crippen LogP contribution in [0.5, 0.6) is 23.0 Å². The summed E-state index contributed by atoms with van der Waals surface area (Å²) in [5.74, 6) is -0.373. The summed E-state index contributed by atoms with van der Waals surface area (Å²) in [6.07, 6.45) is 1.45. The first-order valence-corrected chi connectivity index (χ1v) is 13.6. The number of aromatic nitrogens is 1. The van der Waals surface area contributed by atoms with E-state index < -0.39 is 33.9 Å². The van der Waals surface area contributed by atoms with Crippen LogP contribution in [0.25, 0.3) is 6.08 Å². The lowest BCUT2D eigenvalue weighted by Gasteiger charge is -2.25. The number of carbonyl (C=O) groups excluding carboxylic acids is 1. The summed E-state index contributed by atoms with van der Waals surface area (Å²) in [4.78, 5) is 42.7. The molecular weight excluding hydrogens is 554 g/mol. The normalized spacial score (nSPS) is 14.8. The third-order valence-electron chi connectivity index (χ3n) is 6.19. The molecule has 0 amide bonds. The van der Waals surface area contributed by atoms with Crippen LogP contribution in [0.3, 0.4) is 0 Å². The molecule has 1 aliphatic heterocycles. The Morgan fingerprint density at radius 3 is 2.46 bits per heavy atom. The number of hydrogen-bond acceptors (Lipinski definition) is 11. The van der Waals surface area contributed by atoms with Crippen LogP contribution >= 0.6 is 11.3 Å². The number of nitrogens with zero attached hydrogens (tertiary/aromatic N) is 3. The number of hydrogen-bond donors (Lipinski definition) is 1. The van der Waals surface area contributed by atoms with E-state index in [1.54, 1.807) is 32.0 Å². The van der Waals surface area contributed by atoms with Crippen molar-refractivity contribution in [3.05, 3.63) is 82.5 Å². The van der Waals surface area contributed by atoms with Crippen LogP contribution in [-0.2, 0) is 9.53 Å². The quantitative estimate of drug-likeness (QED) is 0.215. The molecule has 12 nitrogen and oxygen atoms in total. The highest BCUT2D eigenvalue weighted by molar-refractivity contribution is 7.07. The van der Waals surface area contributed by atoms with E-state index in [4.69, 9.17) is 18.9 Å². The Kier molecular flexibility index (Phi) is 8.77. The summed E-state index contributed by atoms with van der Waals surface area (Å²) in [6.45, 7) is 7.96. The minimum absolute atomic E-state index is 0.116. The van der Waals surface area contributed by atoms with E-state index in [0.29, 0.717) is 40.8 Å². The van der Waals surface area contributed by atoms with Crippen LogP contribution in [0.1, 0.15) is 44.9 Å². The number of phenols is 1. The SMILES string of the molecule is CCOC(=O)C1=C(C)N=c2s/c(=C\c3cc(OC)c(O)c([N+](=O)[O-])c3)c(=O)n2[C@@H]1c1ccc(OCC)c(OCC)c1. The molecule has 13 heteroatoms. The molecule has 1 aromatic heterocycles. The monoisotopic (exact) mass is 583 g/mol. The lowest BCUT2D eigenvalue weighted by molar-refractivity contribution is -0.386. The van der Waals surface area contributed by atoms with Gasteiger partial charge >= 0.3 is 11.7 Å². The Morgan fingerprint density at radius 1 is 1.12 bits per heavy atom. The zero-order valence-corrected chi connectivity index (χ0v) is 23.9. The van der Waals surface area contributed by atoms with E-state index in [0.717, 1.165) is 17.4 Å². The van der Waals surface area contributed by atoms with E-state index in [9.17, 15) is 24.8 Å². The molecule has 0 fully saturated rings. The topological polar surface area (TPSA) is 152 Å². The summed E-state index contributed by atoms with van der Waals surface area (Å²) < 4.78 is 23.5. The van der Waals surface area contributed by atoms with Gasteiger partial charge in [0.2, 0.25) is 5.75 Å². The van der Waals surface area contributed by atoms with Gasteiger partial charge in [0.25, 0.3) is 5.56 Å². The molecule has 0 radical (unpaired) electrons. The zero-order valence-electron chi connectivity index (χ0n) is 23.1. The molecule has 1 atom stereocenters. The number of thiazole rings is 1. The molecule has 1 N–H and O–H groups in total. The van der Waals surface area contributed by atoms with Gasteiger partial charge in [0.05, 0.1) is 53.7 Å². The standard InChI is InChI=1S/C28H29N3O9S/c1-6-38-19-10-9-17(14-20(19)39-7-2)24-23(27(34)40-8-3)15(4)29-28-30(24)26(33)22(41-28)13-16-11-18(31(35)36)25(32)21(12-16)37-5/h9-14,24,32H,6-8H2,1-5H3/b22-13-/t24-/m1/s1.